The van der Waals surface area contributed by atoms with E-state index >= 15 is 4.79 Å². The minimum Gasteiger partial charge on any atom is -0.467 e. The van der Waals surface area contributed by atoms with Crippen LogP contribution in [-0.4, -0.2) is 46.8 Å². The van der Waals surface area contributed by atoms with Crippen LogP contribution in [0.2, 0.25) is 0 Å². The van der Waals surface area contributed by atoms with Gasteiger partial charge in [0, 0.05) is 12.1 Å². The molecular formula is C38H30N2O4. The fourth-order valence-corrected chi connectivity index (χ4v) is 7.00. The summed E-state index contributed by atoms with van der Waals surface area (Å²) in [5, 5.41) is 0. The van der Waals surface area contributed by atoms with Crippen molar-refractivity contribution in [3.05, 3.63) is 167 Å². The highest BCUT2D eigenvalue weighted by molar-refractivity contribution is 6.08. The lowest BCUT2D eigenvalue weighted by Crippen LogP contribution is -2.56. The molecule has 1 saturated heterocycles. The van der Waals surface area contributed by atoms with Crippen LogP contribution < -0.4 is 0 Å². The van der Waals surface area contributed by atoms with Crippen molar-refractivity contribution < 1.29 is 19.1 Å². The number of carbonyl (C=O) groups excluding carboxylic acids is 3. The molecule has 0 saturated carbocycles. The molecule has 2 aliphatic rings. The predicted molar refractivity (Wildman–Crippen MR) is 168 cm³/mol. The summed E-state index contributed by atoms with van der Waals surface area (Å²) in [7, 11) is 1.31. The van der Waals surface area contributed by atoms with Crippen LogP contribution in [0.3, 0.4) is 0 Å². The fourth-order valence-electron chi connectivity index (χ4n) is 7.00. The van der Waals surface area contributed by atoms with Crippen molar-refractivity contribution in [2.24, 2.45) is 0 Å². The van der Waals surface area contributed by atoms with Crippen LogP contribution in [0.4, 0.5) is 4.79 Å². The third-order valence-corrected chi connectivity index (χ3v) is 8.81. The number of hydrogen-bond donors (Lipinski definition) is 0. The van der Waals surface area contributed by atoms with E-state index in [2.05, 4.69) is 0 Å². The number of urea groups is 1. The Kier molecular flexibility index (Phi) is 6.82. The van der Waals surface area contributed by atoms with Gasteiger partial charge in [0.25, 0.3) is 0 Å². The van der Waals surface area contributed by atoms with Gasteiger partial charge < -0.3 is 9.64 Å². The van der Waals surface area contributed by atoms with Crippen molar-refractivity contribution in [3.8, 4) is 11.1 Å². The maximum Gasteiger partial charge on any atom is 0.331 e. The average Bonchev–Trinajstić information content (AvgIpc) is 3.54. The Labute approximate surface area is 256 Å². The first-order chi connectivity index (χ1) is 21.6. The third-order valence-electron chi connectivity index (χ3n) is 8.81. The fraction of sp³-hybridized carbons (Fsp3) is 0.132. The molecule has 7 rings (SSSR count). The van der Waals surface area contributed by atoms with Crippen molar-refractivity contribution >= 4 is 17.8 Å². The number of ketones is 1. The Morgan fingerprint density at radius 1 is 0.659 bits per heavy atom. The highest BCUT2D eigenvalue weighted by Gasteiger charge is 2.63. The van der Waals surface area contributed by atoms with Gasteiger partial charge in [0.15, 0.2) is 11.8 Å². The largest absolute Gasteiger partial charge is 0.467 e. The summed E-state index contributed by atoms with van der Waals surface area (Å²) >= 11 is 0. The van der Waals surface area contributed by atoms with Crippen molar-refractivity contribution in [2.45, 2.75) is 24.2 Å². The van der Waals surface area contributed by atoms with E-state index in [1.54, 1.807) is 34.1 Å². The van der Waals surface area contributed by atoms with Crippen molar-refractivity contribution in [1.29, 1.82) is 0 Å². The van der Waals surface area contributed by atoms with E-state index in [0.29, 0.717) is 5.56 Å². The number of esters is 1. The highest BCUT2D eigenvalue weighted by atomic mass is 16.5. The van der Waals surface area contributed by atoms with Gasteiger partial charge in [-0.2, -0.15) is 0 Å². The number of nitrogens with zero attached hydrogens (tertiary/aromatic N) is 2. The zero-order valence-electron chi connectivity index (χ0n) is 24.2. The molecule has 1 heterocycles. The van der Waals surface area contributed by atoms with E-state index in [4.69, 9.17) is 4.74 Å². The lowest BCUT2D eigenvalue weighted by Gasteiger charge is -2.43. The zero-order chi connectivity index (χ0) is 30.3. The number of carbonyl (C=O) groups is 3. The molecular weight excluding hydrogens is 548 g/mol. The van der Waals surface area contributed by atoms with Crippen LogP contribution in [-0.2, 0) is 21.6 Å². The van der Waals surface area contributed by atoms with Crippen LogP contribution in [0.15, 0.2) is 140 Å². The van der Waals surface area contributed by atoms with E-state index in [9.17, 15) is 9.59 Å². The number of fused-ring (bicyclic) bond motifs is 3. The van der Waals surface area contributed by atoms with E-state index < -0.39 is 29.6 Å². The number of benzene rings is 5. The number of amides is 2. The van der Waals surface area contributed by atoms with Crippen LogP contribution in [0, 0.1) is 0 Å². The Morgan fingerprint density at radius 2 is 1.16 bits per heavy atom. The molecule has 1 fully saturated rings. The molecule has 44 heavy (non-hydrogen) atoms. The topological polar surface area (TPSA) is 66.9 Å². The van der Waals surface area contributed by atoms with Crippen molar-refractivity contribution in [3.63, 3.8) is 0 Å². The molecule has 6 nitrogen and oxygen atoms in total. The minimum atomic E-state index is -1.25. The van der Waals surface area contributed by atoms with Crippen LogP contribution in [0.25, 0.3) is 11.1 Å². The van der Waals surface area contributed by atoms with Gasteiger partial charge in [-0.25, -0.2) is 9.59 Å². The summed E-state index contributed by atoms with van der Waals surface area (Å²) in [6.07, 6.45) is 0. The molecule has 1 aliphatic carbocycles. The molecule has 5 aromatic carbocycles. The van der Waals surface area contributed by atoms with Gasteiger partial charge in [-0.15, -0.1) is 0 Å². The summed E-state index contributed by atoms with van der Waals surface area (Å²) in [6, 6.07) is 41.3. The average molecular weight is 579 g/mol. The Morgan fingerprint density at radius 3 is 1.73 bits per heavy atom. The Bertz CT molecular complexity index is 1810. The maximum absolute atomic E-state index is 15.2. The summed E-state index contributed by atoms with van der Waals surface area (Å²) in [5.41, 5.74) is 4.52. The van der Waals surface area contributed by atoms with E-state index in [1.807, 2.05) is 115 Å². The van der Waals surface area contributed by atoms with Gasteiger partial charge in [0.1, 0.15) is 11.6 Å². The molecule has 2 amide bonds. The quantitative estimate of drug-likeness (QED) is 0.159. The molecule has 6 heteroatoms. The number of hydrogen-bond acceptors (Lipinski definition) is 4. The van der Waals surface area contributed by atoms with Crippen LogP contribution in [0.1, 0.15) is 32.6 Å². The van der Waals surface area contributed by atoms with Crippen molar-refractivity contribution in [2.75, 3.05) is 7.11 Å². The van der Waals surface area contributed by atoms with Gasteiger partial charge >= 0.3 is 12.0 Å². The smallest absolute Gasteiger partial charge is 0.331 e. The molecule has 5 aromatic rings. The van der Waals surface area contributed by atoms with Crippen LogP contribution in [0.5, 0.6) is 0 Å². The predicted octanol–water partition coefficient (Wildman–Crippen LogP) is 6.69. The molecule has 216 valence electrons. The number of ether oxygens (including phenoxy) is 1. The normalized spacial score (nSPS) is 18.1. The lowest BCUT2D eigenvalue weighted by molar-refractivity contribution is -0.146. The zero-order valence-corrected chi connectivity index (χ0v) is 24.2. The second-order valence-electron chi connectivity index (χ2n) is 11.1. The second-order valence-corrected chi connectivity index (χ2v) is 11.1. The molecule has 0 unspecified atom stereocenters. The van der Waals surface area contributed by atoms with Gasteiger partial charge in [0.2, 0.25) is 0 Å². The molecule has 0 N–H and O–H groups in total. The first kappa shape index (κ1) is 27.3. The monoisotopic (exact) mass is 578 g/mol. The molecule has 0 bridgehead atoms. The summed E-state index contributed by atoms with van der Waals surface area (Å²) in [6.45, 7) is 0.140. The molecule has 0 radical (unpaired) electrons. The Balaban J connectivity index is 1.53. The molecule has 0 aromatic heterocycles. The maximum atomic E-state index is 15.2. The summed E-state index contributed by atoms with van der Waals surface area (Å²) in [5.74, 6) is -0.976. The summed E-state index contributed by atoms with van der Waals surface area (Å²) < 4.78 is 5.43. The van der Waals surface area contributed by atoms with Crippen LogP contribution >= 0.6 is 0 Å². The number of rotatable bonds is 7. The van der Waals surface area contributed by atoms with E-state index in [0.717, 1.165) is 33.4 Å². The van der Waals surface area contributed by atoms with Crippen molar-refractivity contribution in [1.82, 2.24) is 9.80 Å². The standard InChI is InChI=1S/C38H30N2O4/c1-44-36(42)34-33(35(41)27-17-7-3-8-18-27)39(25-26-15-5-2-6-16-26)37(43)40(34)38(28-19-9-4-10-20-28)31-23-13-11-21-29(31)30-22-12-14-24-32(30)38/h2-24,33-34H,25H2,1H3/t33-,34-/m0/s1. The first-order valence-corrected chi connectivity index (χ1v) is 14.6. The molecule has 1 aliphatic heterocycles. The highest BCUT2D eigenvalue weighted by Crippen LogP contribution is 2.56. The second kappa shape index (κ2) is 11.0. The van der Waals surface area contributed by atoms with Gasteiger partial charge in [-0.3, -0.25) is 9.69 Å². The Hall–Kier alpha value is -5.49. The minimum absolute atomic E-state index is 0.140. The van der Waals surface area contributed by atoms with Gasteiger partial charge in [0.05, 0.1) is 7.11 Å². The number of methoxy groups -OCH3 is 1. The molecule has 0 spiro atoms. The summed E-state index contributed by atoms with van der Waals surface area (Å²) in [4.78, 5) is 46.9. The van der Waals surface area contributed by atoms with Gasteiger partial charge in [-0.1, -0.05) is 140 Å². The lowest BCUT2D eigenvalue weighted by atomic mass is 9.78. The SMILES string of the molecule is COC(=O)[C@@H]1[C@@H](C(=O)c2ccccc2)N(Cc2ccccc2)C(=O)N1C1(c2ccccc2)c2ccccc2-c2ccccc21. The van der Waals surface area contributed by atoms with Gasteiger partial charge in [-0.05, 0) is 33.4 Å². The van der Waals surface area contributed by atoms with E-state index in [1.165, 1.54) is 7.11 Å². The third kappa shape index (κ3) is 4.06. The molecule has 2 atom stereocenters. The number of Topliss-reactive ketones (excluding diaryl/α,β-unsaturated/α-hetero) is 1. The van der Waals surface area contributed by atoms with E-state index in [-0.39, 0.29) is 12.3 Å². The first-order valence-electron chi connectivity index (χ1n) is 14.6.